The van der Waals surface area contributed by atoms with Crippen LogP contribution in [-0.4, -0.2) is 45.6 Å². The Morgan fingerprint density at radius 1 is 1.17 bits per heavy atom. The Hall–Kier alpha value is -3.07. The molecule has 1 amide bonds. The average molecular weight is 414 g/mol. The van der Waals surface area contributed by atoms with Gasteiger partial charge in [-0.2, -0.15) is 4.68 Å². The molecule has 152 valence electrons. The van der Waals surface area contributed by atoms with Gasteiger partial charge in [0, 0.05) is 11.8 Å². The molecule has 8 nitrogen and oxygen atoms in total. The van der Waals surface area contributed by atoms with Crippen LogP contribution in [0.5, 0.6) is 11.5 Å². The van der Waals surface area contributed by atoms with Gasteiger partial charge in [-0.05, 0) is 53.6 Å². The highest BCUT2D eigenvalue weighted by molar-refractivity contribution is 8.00. The second-order valence-electron chi connectivity index (χ2n) is 6.21. The van der Waals surface area contributed by atoms with E-state index in [2.05, 4.69) is 27.8 Å². The summed E-state index contributed by atoms with van der Waals surface area (Å²) in [4.78, 5) is 12.6. The lowest BCUT2D eigenvalue weighted by molar-refractivity contribution is -0.115. The zero-order chi connectivity index (χ0) is 20.8. The largest absolute Gasteiger partial charge is 0.497 e. The van der Waals surface area contributed by atoms with Crippen LogP contribution in [0.2, 0.25) is 0 Å². The van der Waals surface area contributed by atoms with E-state index in [9.17, 15) is 4.79 Å². The molecule has 1 aromatic heterocycles. The summed E-state index contributed by atoms with van der Waals surface area (Å²) < 4.78 is 12.2. The van der Waals surface area contributed by atoms with Gasteiger partial charge in [0.2, 0.25) is 11.1 Å². The lowest BCUT2D eigenvalue weighted by Crippen LogP contribution is -2.23. The van der Waals surface area contributed by atoms with Crippen molar-refractivity contribution in [3.05, 3.63) is 48.0 Å². The van der Waals surface area contributed by atoms with Gasteiger partial charge in [0.05, 0.1) is 19.5 Å². The quantitative estimate of drug-likeness (QED) is 0.566. The fourth-order valence-corrected chi connectivity index (χ4v) is 3.45. The first-order valence-electron chi connectivity index (χ1n) is 9.13. The molecule has 0 aliphatic heterocycles. The van der Waals surface area contributed by atoms with Gasteiger partial charge in [0.25, 0.3) is 0 Å². The Bertz CT molecular complexity index is 975. The van der Waals surface area contributed by atoms with Crippen LogP contribution >= 0.6 is 11.8 Å². The number of nitrogens with zero attached hydrogens (tertiary/aromatic N) is 4. The summed E-state index contributed by atoms with van der Waals surface area (Å²) in [6.07, 6.45) is 0.955. The van der Waals surface area contributed by atoms with Crippen molar-refractivity contribution in [3.63, 3.8) is 0 Å². The molecule has 1 N–H and O–H groups in total. The number of anilines is 1. The van der Waals surface area contributed by atoms with Crippen LogP contribution in [0.15, 0.2) is 47.6 Å². The molecular formula is C20H23N5O3S. The highest BCUT2D eigenvalue weighted by atomic mass is 32.2. The Morgan fingerprint density at radius 2 is 1.93 bits per heavy atom. The van der Waals surface area contributed by atoms with Crippen molar-refractivity contribution in [2.24, 2.45) is 0 Å². The number of ether oxygens (including phenoxy) is 2. The number of tetrazole rings is 1. The third-order valence-electron chi connectivity index (χ3n) is 4.34. The molecule has 0 spiro atoms. The van der Waals surface area contributed by atoms with Gasteiger partial charge >= 0.3 is 0 Å². The first-order chi connectivity index (χ1) is 14.0. The van der Waals surface area contributed by atoms with E-state index < -0.39 is 5.25 Å². The van der Waals surface area contributed by atoms with E-state index >= 15 is 0 Å². The second-order valence-corrected chi connectivity index (χ2v) is 7.52. The topological polar surface area (TPSA) is 91.2 Å². The summed E-state index contributed by atoms with van der Waals surface area (Å²) in [7, 11) is 3.16. The van der Waals surface area contributed by atoms with Gasteiger partial charge in [-0.15, -0.1) is 5.10 Å². The molecule has 0 bridgehead atoms. The molecule has 9 heteroatoms. The van der Waals surface area contributed by atoms with Crippen molar-refractivity contribution in [2.45, 2.75) is 30.7 Å². The predicted octanol–water partition coefficient (Wildman–Crippen LogP) is 3.36. The average Bonchev–Trinajstić information content (AvgIpc) is 3.21. The third kappa shape index (κ3) is 4.86. The van der Waals surface area contributed by atoms with Crippen molar-refractivity contribution >= 4 is 23.4 Å². The lowest BCUT2D eigenvalue weighted by Gasteiger charge is -2.14. The number of hydrogen-bond acceptors (Lipinski definition) is 7. The number of rotatable bonds is 8. The Labute approximate surface area is 173 Å². The number of thioether (sulfide) groups is 1. The van der Waals surface area contributed by atoms with E-state index in [-0.39, 0.29) is 5.91 Å². The highest BCUT2D eigenvalue weighted by Gasteiger charge is 2.21. The molecule has 2 aromatic carbocycles. The van der Waals surface area contributed by atoms with E-state index in [0.29, 0.717) is 22.3 Å². The number of methoxy groups -OCH3 is 2. The smallest absolute Gasteiger partial charge is 0.237 e. The molecule has 0 aliphatic carbocycles. The molecule has 0 saturated carbocycles. The Balaban J connectivity index is 1.76. The zero-order valence-electron chi connectivity index (χ0n) is 16.7. The maximum Gasteiger partial charge on any atom is 0.237 e. The van der Waals surface area contributed by atoms with Crippen molar-refractivity contribution < 1.29 is 14.3 Å². The zero-order valence-corrected chi connectivity index (χ0v) is 17.6. The third-order valence-corrected chi connectivity index (χ3v) is 5.37. The minimum atomic E-state index is -0.415. The number of amides is 1. The summed E-state index contributed by atoms with van der Waals surface area (Å²) in [5, 5.41) is 14.9. The number of aromatic nitrogens is 4. The number of hydrogen-bond donors (Lipinski definition) is 1. The van der Waals surface area contributed by atoms with Gasteiger partial charge in [0.1, 0.15) is 17.2 Å². The van der Waals surface area contributed by atoms with E-state index in [1.54, 1.807) is 32.4 Å². The fraction of sp³-hybridized carbons (Fsp3) is 0.300. The fourth-order valence-electron chi connectivity index (χ4n) is 2.65. The predicted molar refractivity (Wildman–Crippen MR) is 112 cm³/mol. The minimum Gasteiger partial charge on any atom is -0.497 e. The molecule has 1 unspecified atom stereocenters. The molecule has 0 aliphatic rings. The first-order valence-corrected chi connectivity index (χ1v) is 10.0. The summed E-state index contributed by atoms with van der Waals surface area (Å²) >= 11 is 1.26. The van der Waals surface area contributed by atoms with Crippen molar-refractivity contribution in [2.75, 3.05) is 19.5 Å². The van der Waals surface area contributed by atoms with E-state index in [1.807, 2.05) is 31.2 Å². The van der Waals surface area contributed by atoms with Crippen molar-refractivity contribution in [3.8, 4) is 17.2 Å². The normalized spacial score (nSPS) is 11.7. The van der Waals surface area contributed by atoms with Crippen LogP contribution in [0.3, 0.4) is 0 Å². The number of carbonyl (C=O) groups is 1. The van der Waals surface area contributed by atoms with Gasteiger partial charge in [-0.25, -0.2) is 0 Å². The summed E-state index contributed by atoms with van der Waals surface area (Å²) in [5.41, 5.74) is 2.60. The van der Waals surface area contributed by atoms with E-state index in [1.165, 1.54) is 22.0 Å². The van der Waals surface area contributed by atoms with E-state index in [0.717, 1.165) is 12.1 Å². The lowest BCUT2D eigenvalue weighted by atomic mass is 10.1. The van der Waals surface area contributed by atoms with Crippen LogP contribution in [0.4, 0.5) is 5.69 Å². The maximum absolute atomic E-state index is 12.6. The second kappa shape index (κ2) is 9.42. The standard InChI is InChI=1S/C20H23N5O3S/c1-5-14-6-8-15(9-7-14)21-19(26)13(2)29-20-22-23-24-25(20)17-12-16(27-3)10-11-18(17)28-4/h6-13H,5H2,1-4H3,(H,21,26). The first kappa shape index (κ1) is 20.7. The van der Waals surface area contributed by atoms with Crippen LogP contribution in [0.25, 0.3) is 5.69 Å². The molecule has 1 atom stereocenters. The molecule has 0 fully saturated rings. The number of aryl methyl sites for hydroxylation is 1. The van der Waals surface area contributed by atoms with Crippen LogP contribution < -0.4 is 14.8 Å². The van der Waals surface area contributed by atoms with Crippen molar-refractivity contribution in [1.82, 2.24) is 20.2 Å². The van der Waals surface area contributed by atoms with Gasteiger partial charge < -0.3 is 14.8 Å². The molecule has 3 aromatic rings. The number of benzene rings is 2. The van der Waals surface area contributed by atoms with Gasteiger partial charge in [-0.3, -0.25) is 4.79 Å². The van der Waals surface area contributed by atoms with Gasteiger partial charge in [0.15, 0.2) is 0 Å². The molecular weight excluding hydrogens is 390 g/mol. The highest BCUT2D eigenvalue weighted by Crippen LogP contribution is 2.31. The monoisotopic (exact) mass is 413 g/mol. The molecule has 3 rings (SSSR count). The molecule has 1 heterocycles. The molecule has 0 radical (unpaired) electrons. The Morgan fingerprint density at radius 3 is 2.59 bits per heavy atom. The van der Waals surface area contributed by atoms with Crippen molar-refractivity contribution in [1.29, 1.82) is 0 Å². The van der Waals surface area contributed by atoms with E-state index in [4.69, 9.17) is 9.47 Å². The van der Waals surface area contributed by atoms with Crippen LogP contribution in [0, 0.1) is 0 Å². The molecule has 29 heavy (non-hydrogen) atoms. The summed E-state index contributed by atoms with van der Waals surface area (Å²) in [6.45, 7) is 3.90. The minimum absolute atomic E-state index is 0.133. The maximum atomic E-state index is 12.6. The Kier molecular flexibility index (Phi) is 6.71. The number of nitrogens with one attached hydrogen (secondary N) is 1. The summed E-state index contributed by atoms with van der Waals surface area (Å²) in [6, 6.07) is 13.2. The SMILES string of the molecule is CCc1ccc(NC(=O)C(C)Sc2nnnn2-c2cc(OC)ccc2OC)cc1. The molecule has 0 saturated heterocycles. The number of carbonyl (C=O) groups excluding carboxylic acids is 1. The van der Waals surface area contributed by atoms with Crippen LogP contribution in [-0.2, 0) is 11.2 Å². The summed E-state index contributed by atoms with van der Waals surface area (Å²) in [5.74, 6) is 1.10. The van der Waals surface area contributed by atoms with Gasteiger partial charge in [-0.1, -0.05) is 30.8 Å². The van der Waals surface area contributed by atoms with Crippen LogP contribution in [0.1, 0.15) is 19.4 Å².